The fraction of sp³-hybridized carbons (Fsp3) is 0.222. The van der Waals surface area contributed by atoms with Gasteiger partial charge in [0.05, 0.1) is 24.3 Å². The topological polar surface area (TPSA) is 79.0 Å². The molecule has 7 nitrogen and oxygen atoms in total. The molecule has 0 radical (unpaired) electrons. The largest absolute Gasteiger partial charge is 0.494 e. The normalized spacial score (nSPS) is 21.1. The molecule has 3 amide bonds. The molecule has 2 saturated heterocycles. The van der Waals surface area contributed by atoms with Crippen molar-refractivity contribution >= 4 is 51.1 Å². The second kappa shape index (κ2) is 10.1. The zero-order valence-electron chi connectivity index (χ0n) is 19.7. The van der Waals surface area contributed by atoms with E-state index in [-0.39, 0.29) is 11.8 Å². The Morgan fingerprint density at radius 2 is 1.75 bits per heavy atom. The van der Waals surface area contributed by atoms with Crippen LogP contribution in [0.15, 0.2) is 82.2 Å². The van der Waals surface area contributed by atoms with E-state index in [9.17, 15) is 14.4 Å². The predicted molar refractivity (Wildman–Crippen MR) is 142 cm³/mol. The molecule has 0 unspecified atom stereocenters. The second-order valence-corrected chi connectivity index (χ2v) is 10.3. The van der Waals surface area contributed by atoms with E-state index in [1.54, 1.807) is 54.2 Å². The maximum Gasteiger partial charge on any atom is 0.268 e. The van der Waals surface area contributed by atoms with E-state index < -0.39 is 23.9 Å². The van der Waals surface area contributed by atoms with Gasteiger partial charge in [0.2, 0.25) is 5.91 Å². The highest BCUT2D eigenvalue weighted by Gasteiger charge is 2.60. The van der Waals surface area contributed by atoms with Crippen LogP contribution in [0.3, 0.4) is 0 Å². The van der Waals surface area contributed by atoms with E-state index >= 15 is 0 Å². The number of hydrogen-bond acceptors (Lipinski definition) is 6. The van der Waals surface area contributed by atoms with E-state index in [0.717, 1.165) is 14.9 Å². The van der Waals surface area contributed by atoms with Gasteiger partial charge in [-0.3, -0.25) is 19.4 Å². The molecule has 3 aromatic carbocycles. The van der Waals surface area contributed by atoms with Gasteiger partial charge < -0.3 is 4.74 Å². The van der Waals surface area contributed by atoms with Crippen LogP contribution in [0.1, 0.15) is 28.9 Å². The third-order valence-electron chi connectivity index (χ3n) is 6.41. The van der Waals surface area contributed by atoms with Crippen LogP contribution in [-0.2, 0) is 9.59 Å². The molecule has 184 valence electrons. The molecule has 36 heavy (non-hydrogen) atoms. The number of thioether (sulfide) groups is 1. The second-order valence-electron chi connectivity index (χ2n) is 8.47. The molecule has 3 atom stereocenters. The number of hydrazine groups is 1. The number of imide groups is 1. The monoisotopic (exact) mass is 565 g/mol. The summed E-state index contributed by atoms with van der Waals surface area (Å²) in [5, 5.41) is 1.33. The predicted octanol–water partition coefficient (Wildman–Crippen LogP) is 4.83. The van der Waals surface area contributed by atoms with Crippen LogP contribution in [0.5, 0.6) is 5.75 Å². The highest BCUT2D eigenvalue weighted by atomic mass is 79.9. The number of fused-ring (bicyclic) bond motifs is 1. The highest BCUT2D eigenvalue weighted by molar-refractivity contribution is 9.10. The van der Waals surface area contributed by atoms with E-state index in [1.165, 1.54) is 9.91 Å². The SMILES string of the molecule is CCOc1ccc(N2C(=O)[C@@H]3[C@@H](c4ccc(SC)cc4)NN(C(=O)c4cccc(Br)c4)[C@H]3C2=O)cc1. The minimum atomic E-state index is -0.972. The molecule has 0 aromatic heterocycles. The van der Waals surface area contributed by atoms with Crippen LogP contribution in [0.25, 0.3) is 0 Å². The molecule has 0 spiro atoms. The molecule has 2 fully saturated rings. The quantitative estimate of drug-likeness (QED) is 0.340. The number of nitrogens with one attached hydrogen (secondary N) is 1. The van der Waals surface area contributed by atoms with E-state index in [2.05, 4.69) is 21.4 Å². The molecular formula is C27H24BrN3O4S. The lowest BCUT2D eigenvalue weighted by Gasteiger charge is -2.25. The molecule has 2 heterocycles. The minimum Gasteiger partial charge on any atom is -0.494 e. The van der Waals surface area contributed by atoms with Crippen LogP contribution >= 0.6 is 27.7 Å². The standard InChI is InChI=1S/C27H24BrN3O4S/c1-3-35-20-11-9-19(10-12-20)30-26(33)22-23(16-7-13-21(36-2)14-8-16)29-31(24(22)27(30)34)25(32)17-5-4-6-18(28)15-17/h4-15,22-24,29H,3H2,1-2H3/t22-,23-,24-/m1/s1. The Morgan fingerprint density at radius 1 is 1.03 bits per heavy atom. The van der Waals surface area contributed by atoms with Crippen LogP contribution in [-0.4, -0.2) is 41.6 Å². The summed E-state index contributed by atoms with van der Waals surface area (Å²) in [5.74, 6) is -1.26. The number of carbonyl (C=O) groups is 3. The van der Waals surface area contributed by atoms with Gasteiger partial charge in [0.25, 0.3) is 11.8 Å². The van der Waals surface area contributed by atoms with Gasteiger partial charge in [-0.25, -0.2) is 10.3 Å². The number of rotatable bonds is 6. The minimum absolute atomic E-state index is 0.342. The Hall–Kier alpha value is -3.14. The maximum absolute atomic E-state index is 13.8. The Labute approximate surface area is 221 Å². The first kappa shape index (κ1) is 24.5. The first-order chi connectivity index (χ1) is 17.4. The lowest BCUT2D eigenvalue weighted by Crippen LogP contribution is -2.48. The summed E-state index contributed by atoms with van der Waals surface area (Å²) in [6.07, 6.45) is 1.99. The lowest BCUT2D eigenvalue weighted by molar-refractivity contribution is -0.123. The summed E-state index contributed by atoms with van der Waals surface area (Å²) < 4.78 is 6.24. The molecule has 3 aromatic rings. The summed E-state index contributed by atoms with van der Waals surface area (Å²) in [4.78, 5) is 43.3. The zero-order chi connectivity index (χ0) is 25.4. The average Bonchev–Trinajstić information content (AvgIpc) is 3.41. The van der Waals surface area contributed by atoms with Crippen molar-refractivity contribution in [2.24, 2.45) is 5.92 Å². The molecule has 0 saturated carbocycles. The van der Waals surface area contributed by atoms with Crippen LogP contribution < -0.4 is 15.1 Å². The summed E-state index contributed by atoms with van der Waals surface area (Å²) >= 11 is 5.02. The summed E-state index contributed by atoms with van der Waals surface area (Å²) in [6.45, 7) is 2.40. The molecule has 0 aliphatic carbocycles. The Kier molecular flexibility index (Phi) is 6.87. The molecule has 2 aliphatic rings. The van der Waals surface area contributed by atoms with Gasteiger partial charge in [-0.2, -0.15) is 0 Å². The third kappa shape index (κ3) is 4.31. The average molecular weight is 566 g/mol. The molecule has 2 aliphatic heterocycles. The number of hydrogen-bond donors (Lipinski definition) is 1. The first-order valence-corrected chi connectivity index (χ1v) is 13.5. The summed E-state index contributed by atoms with van der Waals surface area (Å²) in [7, 11) is 0. The lowest BCUT2D eigenvalue weighted by atomic mass is 9.91. The Balaban J connectivity index is 1.54. The Bertz CT molecular complexity index is 1320. The van der Waals surface area contributed by atoms with Gasteiger partial charge in [0.15, 0.2) is 0 Å². The van der Waals surface area contributed by atoms with Crippen molar-refractivity contribution in [3.05, 3.63) is 88.4 Å². The van der Waals surface area contributed by atoms with Crippen molar-refractivity contribution in [2.75, 3.05) is 17.8 Å². The van der Waals surface area contributed by atoms with Gasteiger partial charge in [-0.05, 0) is 73.3 Å². The number of nitrogens with zero attached hydrogens (tertiary/aromatic N) is 2. The fourth-order valence-corrected chi connectivity index (χ4v) is 5.54. The Morgan fingerprint density at radius 3 is 2.39 bits per heavy atom. The van der Waals surface area contributed by atoms with Gasteiger partial charge >= 0.3 is 0 Å². The van der Waals surface area contributed by atoms with Crippen LogP contribution in [0, 0.1) is 5.92 Å². The first-order valence-electron chi connectivity index (χ1n) is 11.5. The number of halogens is 1. The van der Waals surface area contributed by atoms with Gasteiger partial charge in [-0.15, -0.1) is 11.8 Å². The van der Waals surface area contributed by atoms with Crippen molar-refractivity contribution < 1.29 is 19.1 Å². The summed E-state index contributed by atoms with van der Waals surface area (Å²) in [6, 6.07) is 20.1. The molecule has 9 heteroatoms. The van der Waals surface area contributed by atoms with Gasteiger partial charge in [0.1, 0.15) is 11.8 Å². The zero-order valence-corrected chi connectivity index (χ0v) is 22.1. The molecule has 1 N–H and O–H groups in total. The van der Waals surface area contributed by atoms with E-state index in [4.69, 9.17) is 4.74 Å². The number of anilines is 1. The third-order valence-corrected chi connectivity index (χ3v) is 7.64. The van der Waals surface area contributed by atoms with Crippen molar-refractivity contribution in [2.45, 2.75) is 23.9 Å². The van der Waals surface area contributed by atoms with Crippen molar-refractivity contribution in [1.29, 1.82) is 0 Å². The number of benzene rings is 3. The fourth-order valence-electron chi connectivity index (χ4n) is 4.74. The van der Waals surface area contributed by atoms with Crippen molar-refractivity contribution in [3.8, 4) is 5.75 Å². The van der Waals surface area contributed by atoms with Crippen molar-refractivity contribution in [3.63, 3.8) is 0 Å². The maximum atomic E-state index is 13.8. The number of carbonyl (C=O) groups excluding carboxylic acids is 3. The highest BCUT2D eigenvalue weighted by Crippen LogP contribution is 2.42. The van der Waals surface area contributed by atoms with Crippen LogP contribution in [0.2, 0.25) is 0 Å². The molecular weight excluding hydrogens is 542 g/mol. The van der Waals surface area contributed by atoms with Gasteiger partial charge in [0, 0.05) is 14.9 Å². The van der Waals surface area contributed by atoms with Crippen LogP contribution in [0.4, 0.5) is 5.69 Å². The van der Waals surface area contributed by atoms with E-state index in [0.29, 0.717) is 23.6 Å². The number of ether oxygens (including phenoxy) is 1. The van der Waals surface area contributed by atoms with E-state index in [1.807, 2.05) is 43.5 Å². The smallest absolute Gasteiger partial charge is 0.268 e. The van der Waals surface area contributed by atoms with Crippen molar-refractivity contribution in [1.82, 2.24) is 10.4 Å². The molecule has 0 bridgehead atoms. The molecule has 5 rings (SSSR count). The van der Waals surface area contributed by atoms with Gasteiger partial charge in [-0.1, -0.05) is 34.1 Å². The summed E-state index contributed by atoms with van der Waals surface area (Å²) in [5.41, 5.74) is 4.90. The number of amides is 3.